The van der Waals surface area contributed by atoms with Crippen LogP contribution in [-0.4, -0.2) is 23.0 Å². The molecule has 1 aromatic rings. The van der Waals surface area contributed by atoms with Crippen molar-refractivity contribution in [1.29, 1.82) is 0 Å². The van der Waals surface area contributed by atoms with E-state index in [4.69, 9.17) is 5.11 Å². The van der Waals surface area contributed by atoms with Gasteiger partial charge < -0.3 is 10.4 Å². The lowest BCUT2D eigenvalue weighted by Crippen LogP contribution is -2.39. The van der Waals surface area contributed by atoms with Gasteiger partial charge in [-0.15, -0.1) is 0 Å². The Morgan fingerprint density at radius 1 is 1.26 bits per heavy atom. The first-order chi connectivity index (χ1) is 8.90. The molecular formula is C14H16FNO3. The maximum atomic E-state index is 12.7. The molecule has 0 radical (unpaired) electrons. The largest absolute Gasteiger partial charge is 0.481 e. The van der Waals surface area contributed by atoms with Crippen LogP contribution in [0.3, 0.4) is 0 Å². The molecule has 0 spiro atoms. The highest BCUT2D eigenvalue weighted by molar-refractivity contribution is 5.92. The van der Waals surface area contributed by atoms with E-state index in [0.29, 0.717) is 5.56 Å². The van der Waals surface area contributed by atoms with Crippen molar-refractivity contribution >= 4 is 18.0 Å². The summed E-state index contributed by atoms with van der Waals surface area (Å²) in [5.74, 6) is -2.35. The molecule has 1 amide bonds. The Balaban J connectivity index is 2.55. The molecule has 102 valence electrons. The highest BCUT2D eigenvalue weighted by Gasteiger charge is 2.19. The number of halogens is 1. The van der Waals surface area contributed by atoms with E-state index in [2.05, 4.69) is 5.32 Å². The number of aliphatic carboxylic acids is 1. The summed E-state index contributed by atoms with van der Waals surface area (Å²) >= 11 is 0. The summed E-state index contributed by atoms with van der Waals surface area (Å²) in [4.78, 5) is 22.3. The monoisotopic (exact) mass is 265 g/mol. The summed E-state index contributed by atoms with van der Waals surface area (Å²) in [5, 5.41) is 11.4. The maximum absolute atomic E-state index is 12.7. The first-order valence-corrected chi connectivity index (χ1v) is 5.87. The number of amides is 1. The van der Waals surface area contributed by atoms with Gasteiger partial charge in [-0.25, -0.2) is 4.39 Å². The van der Waals surface area contributed by atoms with Gasteiger partial charge in [0.25, 0.3) is 0 Å². The van der Waals surface area contributed by atoms with E-state index >= 15 is 0 Å². The standard InChI is InChI=1S/C14H16FNO3/c1-9(14(18)19)10(2)16-13(17)8-5-11-3-6-12(15)7-4-11/h3-10H,1-2H3,(H,16,17)(H,18,19)/b8-5+. The van der Waals surface area contributed by atoms with Crippen molar-refractivity contribution in [3.05, 3.63) is 41.7 Å². The summed E-state index contributed by atoms with van der Waals surface area (Å²) < 4.78 is 12.7. The third-order valence-electron chi connectivity index (χ3n) is 2.81. The van der Waals surface area contributed by atoms with Crippen LogP contribution in [0.15, 0.2) is 30.3 Å². The Morgan fingerprint density at radius 3 is 2.37 bits per heavy atom. The highest BCUT2D eigenvalue weighted by Crippen LogP contribution is 2.05. The van der Waals surface area contributed by atoms with E-state index in [1.165, 1.54) is 31.2 Å². The van der Waals surface area contributed by atoms with Crippen LogP contribution in [0.5, 0.6) is 0 Å². The molecule has 1 rings (SSSR count). The summed E-state index contributed by atoms with van der Waals surface area (Å²) in [6, 6.07) is 5.22. The molecule has 5 heteroatoms. The van der Waals surface area contributed by atoms with Crippen LogP contribution in [0.25, 0.3) is 6.08 Å². The zero-order valence-corrected chi connectivity index (χ0v) is 10.8. The van der Waals surface area contributed by atoms with Crippen LogP contribution >= 0.6 is 0 Å². The molecule has 0 bridgehead atoms. The van der Waals surface area contributed by atoms with Gasteiger partial charge >= 0.3 is 5.97 Å². The Morgan fingerprint density at radius 2 is 1.84 bits per heavy atom. The van der Waals surface area contributed by atoms with Crippen LogP contribution in [0.2, 0.25) is 0 Å². The number of hydrogen-bond acceptors (Lipinski definition) is 2. The molecule has 4 nitrogen and oxygen atoms in total. The quantitative estimate of drug-likeness (QED) is 0.801. The molecule has 19 heavy (non-hydrogen) atoms. The number of carbonyl (C=O) groups excluding carboxylic acids is 1. The van der Waals surface area contributed by atoms with Gasteiger partial charge in [0.1, 0.15) is 5.82 Å². The van der Waals surface area contributed by atoms with Crippen LogP contribution in [-0.2, 0) is 9.59 Å². The van der Waals surface area contributed by atoms with Crippen molar-refractivity contribution in [2.45, 2.75) is 19.9 Å². The van der Waals surface area contributed by atoms with E-state index in [-0.39, 0.29) is 11.7 Å². The molecule has 0 fully saturated rings. The first-order valence-electron chi connectivity index (χ1n) is 5.87. The third-order valence-corrected chi connectivity index (χ3v) is 2.81. The molecule has 0 aliphatic rings. The minimum Gasteiger partial charge on any atom is -0.481 e. The van der Waals surface area contributed by atoms with Crippen LogP contribution in [0.1, 0.15) is 19.4 Å². The molecular weight excluding hydrogens is 249 g/mol. The van der Waals surface area contributed by atoms with E-state index in [9.17, 15) is 14.0 Å². The van der Waals surface area contributed by atoms with Crippen LogP contribution < -0.4 is 5.32 Å². The van der Waals surface area contributed by atoms with E-state index in [1.54, 1.807) is 19.1 Å². The molecule has 0 saturated carbocycles. The lowest BCUT2D eigenvalue weighted by atomic mass is 10.0. The second-order valence-electron chi connectivity index (χ2n) is 4.31. The molecule has 0 heterocycles. The normalized spacial score (nSPS) is 14.1. The summed E-state index contributed by atoms with van der Waals surface area (Å²) in [6.07, 6.45) is 2.82. The maximum Gasteiger partial charge on any atom is 0.308 e. The zero-order chi connectivity index (χ0) is 14.4. The van der Waals surface area contributed by atoms with E-state index in [1.807, 2.05) is 0 Å². The topological polar surface area (TPSA) is 66.4 Å². The van der Waals surface area contributed by atoms with Gasteiger partial charge in [0.2, 0.25) is 5.91 Å². The van der Waals surface area contributed by atoms with Crippen molar-refractivity contribution in [3.63, 3.8) is 0 Å². The molecule has 0 aliphatic heterocycles. The van der Waals surface area contributed by atoms with Crippen molar-refractivity contribution in [2.24, 2.45) is 5.92 Å². The molecule has 2 atom stereocenters. The molecule has 2 N–H and O–H groups in total. The molecule has 2 unspecified atom stereocenters. The lowest BCUT2D eigenvalue weighted by molar-refractivity contribution is -0.142. The van der Waals surface area contributed by atoms with Crippen LogP contribution in [0, 0.1) is 11.7 Å². The Labute approximate surface area is 110 Å². The second kappa shape index (κ2) is 6.68. The Hall–Kier alpha value is -2.17. The fraction of sp³-hybridized carbons (Fsp3) is 0.286. The second-order valence-corrected chi connectivity index (χ2v) is 4.31. The predicted octanol–water partition coefficient (Wildman–Crippen LogP) is 2.06. The van der Waals surface area contributed by atoms with Gasteiger partial charge in [-0.2, -0.15) is 0 Å². The van der Waals surface area contributed by atoms with Crippen molar-refractivity contribution in [3.8, 4) is 0 Å². The minimum absolute atomic E-state index is 0.342. The van der Waals surface area contributed by atoms with Gasteiger partial charge in [-0.05, 0) is 37.6 Å². The van der Waals surface area contributed by atoms with Crippen LogP contribution in [0.4, 0.5) is 4.39 Å². The average Bonchev–Trinajstić information content (AvgIpc) is 2.37. The molecule has 1 aromatic carbocycles. The number of carboxylic acids is 1. The highest BCUT2D eigenvalue weighted by atomic mass is 19.1. The average molecular weight is 265 g/mol. The van der Waals surface area contributed by atoms with Crippen molar-refractivity contribution < 1.29 is 19.1 Å². The lowest BCUT2D eigenvalue weighted by Gasteiger charge is -2.16. The number of rotatable bonds is 5. The minimum atomic E-state index is -0.963. The summed E-state index contributed by atoms with van der Waals surface area (Å²) in [5.41, 5.74) is 0.690. The first kappa shape index (κ1) is 14.9. The fourth-order valence-electron chi connectivity index (χ4n) is 1.36. The summed E-state index contributed by atoms with van der Waals surface area (Å²) in [6.45, 7) is 3.15. The van der Waals surface area contributed by atoms with Gasteiger partial charge in [0.05, 0.1) is 5.92 Å². The van der Waals surface area contributed by atoms with Crippen molar-refractivity contribution in [2.75, 3.05) is 0 Å². The van der Waals surface area contributed by atoms with Crippen molar-refractivity contribution in [1.82, 2.24) is 5.32 Å². The number of benzene rings is 1. The van der Waals surface area contributed by atoms with E-state index in [0.717, 1.165) is 0 Å². The summed E-state index contributed by atoms with van der Waals surface area (Å²) in [7, 11) is 0. The number of carboxylic acid groups (broad SMARTS) is 1. The van der Waals surface area contributed by atoms with Gasteiger partial charge in [-0.3, -0.25) is 9.59 Å². The zero-order valence-electron chi connectivity index (χ0n) is 10.8. The third kappa shape index (κ3) is 4.91. The number of nitrogens with one attached hydrogen (secondary N) is 1. The Bertz CT molecular complexity index is 482. The molecule has 0 saturated heterocycles. The number of hydrogen-bond donors (Lipinski definition) is 2. The molecule has 0 aliphatic carbocycles. The smallest absolute Gasteiger partial charge is 0.308 e. The number of carbonyl (C=O) groups is 2. The van der Waals surface area contributed by atoms with Gasteiger partial charge in [0.15, 0.2) is 0 Å². The fourth-order valence-corrected chi connectivity index (χ4v) is 1.36. The molecule has 0 aromatic heterocycles. The van der Waals surface area contributed by atoms with E-state index < -0.39 is 17.9 Å². The Kier molecular flexibility index (Phi) is 5.23. The van der Waals surface area contributed by atoms with Gasteiger partial charge in [-0.1, -0.05) is 12.1 Å². The predicted molar refractivity (Wildman–Crippen MR) is 69.8 cm³/mol. The van der Waals surface area contributed by atoms with Gasteiger partial charge in [0, 0.05) is 12.1 Å². The SMILES string of the molecule is CC(NC(=O)/C=C/c1ccc(F)cc1)C(C)C(=O)O.